The molecule has 1 aliphatic rings. The van der Waals surface area contributed by atoms with Gasteiger partial charge in [-0.2, -0.15) is 0 Å². The van der Waals surface area contributed by atoms with Crippen molar-refractivity contribution in [1.82, 2.24) is 0 Å². The zero-order valence-corrected chi connectivity index (χ0v) is 7.53. The summed E-state index contributed by atoms with van der Waals surface area (Å²) in [5, 5.41) is 9.03. The zero-order chi connectivity index (χ0) is 9.97. The summed E-state index contributed by atoms with van der Waals surface area (Å²) in [6.45, 7) is 0.760. The van der Waals surface area contributed by atoms with Gasteiger partial charge in [0.1, 0.15) is 13.2 Å². The number of hydrogen-bond donors (Lipinski definition) is 1. The molecule has 1 aliphatic heterocycles. The number of ether oxygens (including phenoxy) is 2. The molecular formula is C10H10O4. The first-order chi connectivity index (χ1) is 6.86. The van der Waals surface area contributed by atoms with Gasteiger partial charge in [-0.1, -0.05) is 6.07 Å². The third-order valence-corrected chi connectivity index (χ3v) is 2.10. The van der Waals surface area contributed by atoms with Crippen LogP contribution in [0.4, 0.5) is 0 Å². The van der Waals surface area contributed by atoms with E-state index >= 15 is 0 Å². The monoisotopic (exact) mass is 194 g/mol. The van der Waals surface area contributed by atoms with Crippen molar-refractivity contribution in [2.24, 2.45) is 0 Å². The smallest absolute Gasteiger partial charge is 0.172 e. The van der Waals surface area contributed by atoms with Crippen LogP contribution in [0.3, 0.4) is 0 Å². The number of hydrogen-bond acceptors (Lipinski definition) is 4. The van der Waals surface area contributed by atoms with Crippen molar-refractivity contribution in [3.8, 4) is 11.5 Å². The van der Waals surface area contributed by atoms with E-state index in [0.717, 1.165) is 0 Å². The van der Waals surface area contributed by atoms with Crippen molar-refractivity contribution in [1.29, 1.82) is 0 Å². The van der Waals surface area contributed by atoms with Gasteiger partial charge in [0.05, 0.1) is 12.2 Å². The van der Waals surface area contributed by atoms with Crippen LogP contribution >= 0.6 is 0 Å². The molecule has 0 amide bonds. The first kappa shape index (κ1) is 9.02. The van der Waals surface area contributed by atoms with Crippen molar-refractivity contribution in [3.63, 3.8) is 0 Å². The van der Waals surface area contributed by atoms with Crippen molar-refractivity contribution in [3.05, 3.63) is 23.3 Å². The third-order valence-electron chi connectivity index (χ3n) is 2.10. The quantitative estimate of drug-likeness (QED) is 0.706. The number of aldehydes is 1. The van der Waals surface area contributed by atoms with Gasteiger partial charge >= 0.3 is 0 Å². The summed E-state index contributed by atoms with van der Waals surface area (Å²) in [5.74, 6) is 0.932. The van der Waals surface area contributed by atoms with Crippen LogP contribution in [0.5, 0.6) is 11.5 Å². The number of aliphatic hydroxyl groups is 1. The van der Waals surface area contributed by atoms with Crippen LogP contribution in [0.15, 0.2) is 12.1 Å². The second kappa shape index (κ2) is 3.67. The van der Waals surface area contributed by atoms with Crippen LogP contribution in [0.2, 0.25) is 0 Å². The summed E-state index contributed by atoms with van der Waals surface area (Å²) in [7, 11) is 0. The molecule has 1 N–H and O–H groups in total. The Labute approximate surface area is 81.1 Å². The van der Waals surface area contributed by atoms with Crippen molar-refractivity contribution >= 4 is 6.29 Å². The molecule has 0 saturated carbocycles. The Bertz CT molecular complexity index is 359. The van der Waals surface area contributed by atoms with Gasteiger partial charge in [0.2, 0.25) is 0 Å². The number of fused-ring (bicyclic) bond motifs is 1. The largest absolute Gasteiger partial charge is 0.486 e. The van der Waals surface area contributed by atoms with E-state index in [1.165, 1.54) is 0 Å². The van der Waals surface area contributed by atoms with Gasteiger partial charge in [-0.25, -0.2) is 0 Å². The second-order valence-corrected chi connectivity index (χ2v) is 2.95. The Kier molecular flexibility index (Phi) is 2.37. The molecule has 2 rings (SSSR count). The summed E-state index contributed by atoms with van der Waals surface area (Å²) >= 11 is 0. The average molecular weight is 194 g/mol. The fourth-order valence-electron chi connectivity index (χ4n) is 1.43. The maximum absolute atomic E-state index is 10.7. The molecule has 0 saturated heterocycles. The van der Waals surface area contributed by atoms with E-state index in [0.29, 0.717) is 42.1 Å². The number of carbonyl (C=O) groups is 1. The molecule has 1 aromatic carbocycles. The molecular weight excluding hydrogens is 184 g/mol. The van der Waals surface area contributed by atoms with Crippen LogP contribution in [-0.4, -0.2) is 24.6 Å². The number of carbonyl (C=O) groups excluding carboxylic acids is 1. The molecule has 1 aromatic rings. The van der Waals surface area contributed by atoms with Crippen LogP contribution < -0.4 is 9.47 Å². The lowest BCUT2D eigenvalue weighted by atomic mass is 10.1. The molecule has 0 radical (unpaired) electrons. The maximum Gasteiger partial charge on any atom is 0.172 e. The molecule has 0 bridgehead atoms. The minimum absolute atomic E-state index is 0.120. The Morgan fingerprint density at radius 2 is 2.00 bits per heavy atom. The molecule has 4 heteroatoms. The first-order valence-corrected chi connectivity index (χ1v) is 4.34. The lowest BCUT2D eigenvalue weighted by Gasteiger charge is -2.21. The number of rotatable bonds is 2. The lowest BCUT2D eigenvalue weighted by Crippen LogP contribution is -2.17. The van der Waals surface area contributed by atoms with Gasteiger partial charge in [-0.3, -0.25) is 4.79 Å². The first-order valence-electron chi connectivity index (χ1n) is 4.34. The fraction of sp³-hybridized carbons (Fsp3) is 0.300. The van der Waals surface area contributed by atoms with Crippen molar-refractivity contribution in [2.45, 2.75) is 6.61 Å². The number of aliphatic hydroxyl groups excluding tert-OH is 1. The lowest BCUT2D eigenvalue weighted by molar-refractivity contribution is 0.111. The fourth-order valence-corrected chi connectivity index (χ4v) is 1.43. The summed E-state index contributed by atoms with van der Waals surface area (Å²) in [4.78, 5) is 10.7. The Morgan fingerprint density at radius 1 is 1.29 bits per heavy atom. The Balaban J connectivity index is 2.55. The molecule has 0 aromatic heterocycles. The average Bonchev–Trinajstić information content (AvgIpc) is 2.27. The van der Waals surface area contributed by atoms with E-state index in [1.807, 2.05) is 0 Å². The topological polar surface area (TPSA) is 55.8 Å². The van der Waals surface area contributed by atoms with Gasteiger partial charge in [0.15, 0.2) is 17.8 Å². The molecule has 4 nitrogen and oxygen atoms in total. The molecule has 0 aliphatic carbocycles. The highest BCUT2D eigenvalue weighted by Gasteiger charge is 2.19. The highest BCUT2D eigenvalue weighted by molar-refractivity contribution is 5.82. The molecule has 74 valence electrons. The molecule has 0 spiro atoms. The van der Waals surface area contributed by atoms with Crippen LogP contribution in [-0.2, 0) is 6.61 Å². The SMILES string of the molecule is O=Cc1ccc(CO)c2c1OCCO2. The van der Waals surface area contributed by atoms with Crippen LogP contribution in [0.1, 0.15) is 15.9 Å². The summed E-state index contributed by atoms with van der Waals surface area (Å²) in [6, 6.07) is 3.28. The van der Waals surface area contributed by atoms with Gasteiger partial charge in [0, 0.05) is 5.56 Å². The van der Waals surface area contributed by atoms with Crippen LogP contribution in [0, 0.1) is 0 Å². The van der Waals surface area contributed by atoms with E-state index in [2.05, 4.69) is 0 Å². The minimum Gasteiger partial charge on any atom is -0.486 e. The molecule has 1 heterocycles. The minimum atomic E-state index is -0.120. The van der Waals surface area contributed by atoms with Crippen LogP contribution in [0.25, 0.3) is 0 Å². The Hall–Kier alpha value is -1.55. The van der Waals surface area contributed by atoms with Gasteiger partial charge < -0.3 is 14.6 Å². The van der Waals surface area contributed by atoms with E-state index in [9.17, 15) is 4.79 Å². The zero-order valence-electron chi connectivity index (χ0n) is 7.53. The van der Waals surface area contributed by atoms with Crippen molar-refractivity contribution < 1.29 is 19.4 Å². The van der Waals surface area contributed by atoms with E-state index < -0.39 is 0 Å². The van der Waals surface area contributed by atoms with Crippen molar-refractivity contribution in [2.75, 3.05) is 13.2 Å². The van der Waals surface area contributed by atoms with E-state index in [4.69, 9.17) is 14.6 Å². The van der Waals surface area contributed by atoms with E-state index in [-0.39, 0.29) is 6.61 Å². The summed E-state index contributed by atoms with van der Waals surface area (Å²) in [6.07, 6.45) is 0.717. The molecule has 0 atom stereocenters. The maximum atomic E-state index is 10.7. The highest BCUT2D eigenvalue weighted by Crippen LogP contribution is 2.36. The predicted molar refractivity (Wildman–Crippen MR) is 48.7 cm³/mol. The highest BCUT2D eigenvalue weighted by atomic mass is 16.6. The van der Waals surface area contributed by atoms with E-state index in [1.54, 1.807) is 12.1 Å². The predicted octanol–water partition coefficient (Wildman–Crippen LogP) is 0.763. The number of benzene rings is 1. The van der Waals surface area contributed by atoms with Gasteiger partial charge in [-0.05, 0) is 6.07 Å². The molecule has 14 heavy (non-hydrogen) atoms. The molecule has 0 unspecified atom stereocenters. The third kappa shape index (κ3) is 1.33. The summed E-state index contributed by atoms with van der Waals surface area (Å²) < 4.78 is 10.7. The summed E-state index contributed by atoms with van der Waals surface area (Å²) in [5.41, 5.74) is 1.10. The normalized spacial score (nSPS) is 13.8. The molecule has 0 fully saturated rings. The standard InChI is InChI=1S/C10H10O4/c11-5-7-1-2-8(6-12)10-9(7)13-3-4-14-10/h1-2,5,12H,3-4,6H2. The second-order valence-electron chi connectivity index (χ2n) is 2.95. The Morgan fingerprint density at radius 3 is 2.64 bits per heavy atom. The van der Waals surface area contributed by atoms with Gasteiger partial charge in [-0.15, -0.1) is 0 Å². The van der Waals surface area contributed by atoms with Gasteiger partial charge in [0.25, 0.3) is 0 Å².